The molecule has 84 valence electrons. The second-order valence-corrected chi connectivity index (χ2v) is 4.24. The van der Waals surface area contributed by atoms with E-state index in [1.807, 2.05) is 0 Å². The SMILES string of the molecule is NC(=S)CN1C(=O)CCc2ccc(F)cc21. The Bertz CT molecular complexity index is 461. The average molecular weight is 238 g/mol. The molecule has 1 aliphatic rings. The Morgan fingerprint density at radius 1 is 1.50 bits per heavy atom. The summed E-state index contributed by atoms with van der Waals surface area (Å²) in [6, 6.07) is 4.45. The highest BCUT2D eigenvalue weighted by Crippen LogP contribution is 2.28. The van der Waals surface area contributed by atoms with Crippen LogP contribution in [0.1, 0.15) is 12.0 Å². The summed E-state index contributed by atoms with van der Waals surface area (Å²) in [5.41, 5.74) is 6.97. The predicted octanol–water partition coefficient (Wildman–Crippen LogP) is 1.39. The third kappa shape index (κ3) is 2.04. The van der Waals surface area contributed by atoms with Crippen molar-refractivity contribution in [2.75, 3.05) is 11.4 Å². The number of benzene rings is 1. The topological polar surface area (TPSA) is 46.3 Å². The molecule has 0 saturated carbocycles. The largest absolute Gasteiger partial charge is 0.392 e. The Balaban J connectivity index is 2.42. The van der Waals surface area contributed by atoms with E-state index in [2.05, 4.69) is 0 Å². The van der Waals surface area contributed by atoms with Gasteiger partial charge in [0.15, 0.2) is 0 Å². The van der Waals surface area contributed by atoms with Gasteiger partial charge >= 0.3 is 0 Å². The maximum absolute atomic E-state index is 13.1. The second kappa shape index (κ2) is 4.17. The van der Waals surface area contributed by atoms with E-state index in [1.165, 1.54) is 17.0 Å². The molecular formula is C11H11FN2OS. The number of carbonyl (C=O) groups is 1. The summed E-state index contributed by atoms with van der Waals surface area (Å²) in [4.78, 5) is 13.4. The fraction of sp³-hybridized carbons (Fsp3) is 0.273. The van der Waals surface area contributed by atoms with E-state index in [-0.39, 0.29) is 23.3 Å². The first-order valence-electron chi connectivity index (χ1n) is 4.95. The Morgan fingerprint density at radius 3 is 2.94 bits per heavy atom. The maximum atomic E-state index is 13.1. The molecule has 0 fully saturated rings. The molecular weight excluding hydrogens is 227 g/mol. The van der Waals surface area contributed by atoms with Crippen LogP contribution in [0.25, 0.3) is 0 Å². The molecule has 1 aromatic rings. The highest BCUT2D eigenvalue weighted by atomic mass is 32.1. The van der Waals surface area contributed by atoms with Gasteiger partial charge in [-0.1, -0.05) is 18.3 Å². The second-order valence-electron chi connectivity index (χ2n) is 3.72. The molecule has 0 atom stereocenters. The van der Waals surface area contributed by atoms with E-state index in [4.69, 9.17) is 18.0 Å². The Hall–Kier alpha value is -1.49. The molecule has 2 rings (SSSR count). The van der Waals surface area contributed by atoms with Gasteiger partial charge in [0.2, 0.25) is 5.91 Å². The van der Waals surface area contributed by atoms with Crippen molar-refractivity contribution in [2.24, 2.45) is 5.73 Å². The van der Waals surface area contributed by atoms with E-state index < -0.39 is 0 Å². The number of carbonyl (C=O) groups excluding carboxylic acids is 1. The van der Waals surface area contributed by atoms with Crippen LogP contribution in [-0.4, -0.2) is 17.4 Å². The zero-order chi connectivity index (χ0) is 11.7. The van der Waals surface area contributed by atoms with E-state index in [1.54, 1.807) is 6.07 Å². The van der Waals surface area contributed by atoms with Crippen molar-refractivity contribution in [3.63, 3.8) is 0 Å². The smallest absolute Gasteiger partial charge is 0.227 e. The summed E-state index contributed by atoms with van der Waals surface area (Å²) >= 11 is 4.78. The molecule has 5 heteroatoms. The van der Waals surface area contributed by atoms with Crippen molar-refractivity contribution in [3.8, 4) is 0 Å². The number of thiocarbonyl (C=S) groups is 1. The van der Waals surface area contributed by atoms with Gasteiger partial charge in [-0.3, -0.25) is 4.79 Å². The summed E-state index contributed by atoms with van der Waals surface area (Å²) in [6.07, 6.45) is 1.06. The number of amides is 1. The van der Waals surface area contributed by atoms with Crippen LogP contribution < -0.4 is 10.6 Å². The third-order valence-corrected chi connectivity index (χ3v) is 2.69. The lowest BCUT2D eigenvalue weighted by molar-refractivity contribution is -0.118. The summed E-state index contributed by atoms with van der Waals surface area (Å²) in [5.74, 6) is -0.424. The molecule has 1 aliphatic heterocycles. The molecule has 1 amide bonds. The molecule has 16 heavy (non-hydrogen) atoms. The van der Waals surface area contributed by atoms with Gasteiger partial charge in [0.25, 0.3) is 0 Å². The summed E-state index contributed by atoms with van der Waals surface area (Å²) in [7, 11) is 0. The fourth-order valence-electron chi connectivity index (χ4n) is 1.84. The Labute approximate surface area is 98.0 Å². The number of hydrogen-bond acceptors (Lipinski definition) is 2. The van der Waals surface area contributed by atoms with Crippen LogP contribution in [0.2, 0.25) is 0 Å². The van der Waals surface area contributed by atoms with Crippen LogP contribution in [0, 0.1) is 5.82 Å². The van der Waals surface area contributed by atoms with Gasteiger partial charge in [0.1, 0.15) is 5.82 Å². The molecule has 0 unspecified atom stereocenters. The molecule has 0 aliphatic carbocycles. The lowest BCUT2D eigenvalue weighted by Gasteiger charge is -2.28. The molecule has 1 aromatic carbocycles. The molecule has 0 aromatic heterocycles. The van der Waals surface area contributed by atoms with Crippen LogP contribution in [0.5, 0.6) is 0 Å². The van der Waals surface area contributed by atoms with Crippen LogP contribution >= 0.6 is 12.2 Å². The van der Waals surface area contributed by atoms with Gasteiger partial charge in [-0.05, 0) is 24.1 Å². The van der Waals surface area contributed by atoms with Gasteiger partial charge in [-0.25, -0.2) is 4.39 Å². The molecule has 0 spiro atoms. The quantitative estimate of drug-likeness (QED) is 0.792. The highest BCUT2D eigenvalue weighted by Gasteiger charge is 2.24. The lowest BCUT2D eigenvalue weighted by Crippen LogP contribution is -2.40. The summed E-state index contributed by atoms with van der Waals surface area (Å²) in [6.45, 7) is 0.171. The van der Waals surface area contributed by atoms with E-state index in [9.17, 15) is 9.18 Å². The first-order valence-corrected chi connectivity index (χ1v) is 5.36. The number of hydrogen-bond donors (Lipinski definition) is 1. The number of nitrogens with zero attached hydrogens (tertiary/aromatic N) is 1. The first-order chi connectivity index (χ1) is 7.58. The standard InChI is InChI=1S/C11H11FN2OS/c12-8-3-1-7-2-4-11(15)14(6-10(13)16)9(7)5-8/h1,3,5H,2,4,6H2,(H2,13,16). The number of halogens is 1. The van der Waals surface area contributed by atoms with Crippen molar-refractivity contribution in [2.45, 2.75) is 12.8 Å². The number of rotatable bonds is 2. The molecule has 1 heterocycles. The average Bonchev–Trinajstić information content (AvgIpc) is 2.22. The predicted molar refractivity (Wildman–Crippen MR) is 63.9 cm³/mol. The van der Waals surface area contributed by atoms with E-state index in [0.29, 0.717) is 18.5 Å². The van der Waals surface area contributed by atoms with Crippen molar-refractivity contribution in [3.05, 3.63) is 29.6 Å². The molecule has 0 radical (unpaired) electrons. The highest BCUT2D eigenvalue weighted by molar-refractivity contribution is 7.80. The number of fused-ring (bicyclic) bond motifs is 1. The summed E-state index contributed by atoms with van der Waals surface area (Å²) in [5, 5.41) is 0. The zero-order valence-corrected chi connectivity index (χ0v) is 9.39. The fourth-order valence-corrected chi connectivity index (χ4v) is 1.97. The molecule has 2 N–H and O–H groups in total. The van der Waals surface area contributed by atoms with Crippen LogP contribution in [0.15, 0.2) is 18.2 Å². The van der Waals surface area contributed by atoms with Crippen LogP contribution in [-0.2, 0) is 11.2 Å². The molecule has 3 nitrogen and oxygen atoms in total. The van der Waals surface area contributed by atoms with Crippen molar-refractivity contribution in [1.82, 2.24) is 0 Å². The number of nitrogens with two attached hydrogens (primary N) is 1. The normalized spacial score (nSPS) is 14.8. The van der Waals surface area contributed by atoms with Crippen molar-refractivity contribution in [1.29, 1.82) is 0 Å². The lowest BCUT2D eigenvalue weighted by atomic mass is 10.0. The van der Waals surface area contributed by atoms with E-state index in [0.717, 1.165) is 5.56 Å². The minimum Gasteiger partial charge on any atom is -0.392 e. The van der Waals surface area contributed by atoms with Crippen molar-refractivity contribution < 1.29 is 9.18 Å². The molecule has 0 saturated heterocycles. The summed E-state index contributed by atoms with van der Waals surface area (Å²) < 4.78 is 13.1. The van der Waals surface area contributed by atoms with Gasteiger partial charge in [-0.2, -0.15) is 0 Å². The van der Waals surface area contributed by atoms with Gasteiger partial charge in [-0.15, -0.1) is 0 Å². The van der Waals surface area contributed by atoms with Gasteiger partial charge < -0.3 is 10.6 Å². The van der Waals surface area contributed by atoms with Crippen LogP contribution in [0.4, 0.5) is 10.1 Å². The molecule has 0 bridgehead atoms. The monoisotopic (exact) mass is 238 g/mol. The maximum Gasteiger partial charge on any atom is 0.227 e. The Kier molecular flexibility index (Phi) is 2.87. The minimum absolute atomic E-state index is 0.0640. The van der Waals surface area contributed by atoms with Gasteiger partial charge in [0, 0.05) is 6.42 Å². The Morgan fingerprint density at radius 2 is 2.25 bits per heavy atom. The number of anilines is 1. The van der Waals surface area contributed by atoms with Crippen molar-refractivity contribution >= 4 is 28.8 Å². The van der Waals surface area contributed by atoms with E-state index >= 15 is 0 Å². The third-order valence-electron chi connectivity index (χ3n) is 2.56. The minimum atomic E-state index is -0.360. The number of aryl methyl sites for hydroxylation is 1. The van der Waals surface area contributed by atoms with Crippen LogP contribution in [0.3, 0.4) is 0 Å². The zero-order valence-electron chi connectivity index (χ0n) is 8.57. The first kappa shape index (κ1) is 11.0. The van der Waals surface area contributed by atoms with Gasteiger partial charge in [0.05, 0.1) is 17.2 Å².